The number of anilines is 2. The van der Waals surface area contributed by atoms with Crippen LogP contribution >= 0.6 is 15.9 Å². The maximum absolute atomic E-state index is 11.4. The quantitative estimate of drug-likeness (QED) is 0.852. The van der Waals surface area contributed by atoms with Crippen LogP contribution in [0, 0.1) is 5.92 Å². The summed E-state index contributed by atoms with van der Waals surface area (Å²) >= 11 is 3.46. The second-order valence-corrected chi connectivity index (χ2v) is 6.19. The first kappa shape index (κ1) is 14.8. The van der Waals surface area contributed by atoms with Crippen molar-refractivity contribution >= 4 is 33.3 Å². The number of nitrogens with one attached hydrogen (secondary N) is 1. The molecule has 5 nitrogen and oxygen atoms in total. The Bertz CT molecular complexity index is 680. The lowest BCUT2D eigenvalue weighted by atomic mass is 10.1. The van der Waals surface area contributed by atoms with Gasteiger partial charge in [0.1, 0.15) is 5.82 Å². The van der Waals surface area contributed by atoms with Gasteiger partial charge in [-0.25, -0.2) is 4.68 Å². The number of nitrogens with zero attached hydrogens (tertiary/aromatic N) is 3. The van der Waals surface area contributed by atoms with Crippen molar-refractivity contribution in [3.05, 3.63) is 53.7 Å². The van der Waals surface area contributed by atoms with Gasteiger partial charge < -0.3 is 10.2 Å². The summed E-state index contributed by atoms with van der Waals surface area (Å²) in [6, 6.07) is 10.2. The Labute approximate surface area is 137 Å². The van der Waals surface area contributed by atoms with Crippen LogP contribution in [0.5, 0.6) is 0 Å². The van der Waals surface area contributed by atoms with Gasteiger partial charge in [0.05, 0.1) is 6.20 Å². The van der Waals surface area contributed by atoms with Gasteiger partial charge in [-0.15, -0.1) is 0 Å². The van der Waals surface area contributed by atoms with Crippen LogP contribution < -0.4 is 10.2 Å². The molecule has 1 aliphatic rings. The van der Waals surface area contributed by atoms with Gasteiger partial charge in [-0.1, -0.05) is 22.5 Å². The second-order valence-electron chi connectivity index (χ2n) is 5.27. The van der Waals surface area contributed by atoms with Crippen molar-refractivity contribution in [2.75, 3.05) is 18.0 Å². The van der Waals surface area contributed by atoms with E-state index in [0.717, 1.165) is 29.1 Å². The van der Waals surface area contributed by atoms with E-state index in [1.165, 1.54) is 6.08 Å². The third-order valence-electron chi connectivity index (χ3n) is 3.73. The highest BCUT2D eigenvalue weighted by molar-refractivity contribution is 9.10. The van der Waals surface area contributed by atoms with E-state index in [2.05, 4.69) is 50.0 Å². The number of carbonyl (C=O) groups is 1. The first-order chi connectivity index (χ1) is 10.7. The fourth-order valence-corrected chi connectivity index (χ4v) is 2.92. The van der Waals surface area contributed by atoms with E-state index in [0.29, 0.717) is 12.5 Å². The van der Waals surface area contributed by atoms with E-state index in [4.69, 9.17) is 0 Å². The molecule has 0 saturated heterocycles. The minimum atomic E-state index is -0.138. The van der Waals surface area contributed by atoms with Crippen LogP contribution in [0.25, 0.3) is 0 Å². The van der Waals surface area contributed by atoms with E-state index < -0.39 is 0 Å². The molecule has 1 amide bonds. The Hall–Kier alpha value is -2.08. The molecule has 1 aliphatic heterocycles. The molecular formula is C16H17BrN4O. The number of halogens is 1. The molecule has 0 radical (unpaired) electrons. The first-order valence-electron chi connectivity index (χ1n) is 7.12. The molecule has 1 aromatic carbocycles. The molecule has 6 heteroatoms. The number of hydrogen-bond acceptors (Lipinski definition) is 3. The van der Waals surface area contributed by atoms with Crippen molar-refractivity contribution in [2.45, 2.75) is 6.54 Å². The number of hydrogen-bond donors (Lipinski definition) is 1. The van der Waals surface area contributed by atoms with Gasteiger partial charge in [-0.05, 0) is 30.3 Å². The van der Waals surface area contributed by atoms with Crippen molar-refractivity contribution in [2.24, 2.45) is 5.92 Å². The predicted molar refractivity (Wildman–Crippen MR) is 90.1 cm³/mol. The SMILES string of the molecule is C=CC(=O)NC[C@@H]1CN(c2ccc(Br)cc2)c2ccnn2C1. The number of fused-ring (bicyclic) bond motifs is 1. The molecule has 0 bridgehead atoms. The summed E-state index contributed by atoms with van der Waals surface area (Å²) in [4.78, 5) is 13.6. The highest BCUT2D eigenvalue weighted by atomic mass is 79.9. The Balaban J connectivity index is 1.81. The molecule has 0 saturated carbocycles. The van der Waals surface area contributed by atoms with Crippen LogP contribution in [0.15, 0.2) is 53.7 Å². The summed E-state index contributed by atoms with van der Waals surface area (Å²) in [5, 5.41) is 7.25. The topological polar surface area (TPSA) is 50.2 Å². The standard InChI is InChI=1S/C16H17BrN4O/c1-2-15(22)18-9-12-10-20(14-5-3-13(17)4-6-14)16-7-8-19-21(16)11-12/h2-8,12H,1,9-11H2,(H,18,22)/t12-/m1/s1. The third kappa shape index (κ3) is 3.06. The highest BCUT2D eigenvalue weighted by Crippen LogP contribution is 2.31. The highest BCUT2D eigenvalue weighted by Gasteiger charge is 2.26. The zero-order chi connectivity index (χ0) is 15.5. The number of carbonyl (C=O) groups excluding carboxylic acids is 1. The van der Waals surface area contributed by atoms with Crippen molar-refractivity contribution in [1.82, 2.24) is 15.1 Å². The third-order valence-corrected chi connectivity index (χ3v) is 4.26. The molecule has 0 unspecified atom stereocenters. The van der Waals surface area contributed by atoms with E-state index >= 15 is 0 Å². The zero-order valence-electron chi connectivity index (χ0n) is 12.1. The number of amides is 1. The van der Waals surface area contributed by atoms with Crippen LogP contribution in [0.3, 0.4) is 0 Å². The molecular weight excluding hydrogens is 344 g/mol. The zero-order valence-corrected chi connectivity index (χ0v) is 13.7. The van der Waals surface area contributed by atoms with E-state index in [1.54, 1.807) is 0 Å². The predicted octanol–water partition coefficient (Wildman–Crippen LogP) is 2.72. The lowest BCUT2D eigenvalue weighted by Crippen LogP contribution is -2.41. The van der Waals surface area contributed by atoms with Gasteiger partial charge >= 0.3 is 0 Å². The Morgan fingerprint density at radius 2 is 2.14 bits per heavy atom. The van der Waals surface area contributed by atoms with Crippen molar-refractivity contribution in [1.29, 1.82) is 0 Å². The van der Waals surface area contributed by atoms with E-state index in [-0.39, 0.29) is 5.91 Å². The molecule has 0 fully saturated rings. The first-order valence-corrected chi connectivity index (χ1v) is 7.92. The average Bonchev–Trinajstić information content (AvgIpc) is 3.01. The van der Waals surface area contributed by atoms with Gasteiger partial charge in [0.2, 0.25) is 5.91 Å². The molecule has 1 aromatic heterocycles. The molecule has 114 valence electrons. The lowest BCUT2D eigenvalue weighted by molar-refractivity contribution is -0.116. The molecule has 0 spiro atoms. The van der Waals surface area contributed by atoms with Crippen LogP contribution in [-0.4, -0.2) is 28.8 Å². The molecule has 1 atom stereocenters. The van der Waals surface area contributed by atoms with Gasteiger partial charge in [-0.3, -0.25) is 4.79 Å². The molecule has 1 N–H and O–H groups in total. The summed E-state index contributed by atoms with van der Waals surface area (Å²) in [6.45, 7) is 5.72. The number of rotatable bonds is 4. The van der Waals surface area contributed by atoms with Crippen LogP contribution in [0.4, 0.5) is 11.5 Å². The van der Waals surface area contributed by atoms with Crippen molar-refractivity contribution in [3.63, 3.8) is 0 Å². The Morgan fingerprint density at radius 3 is 2.86 bits per heavy atom. The van der Waals surface area contributed by atoms with Crippen LogP contribution in [-0.2, 0) is 11.3 Å². The Morgan fingerprint density at radius 1 is 1.36 bits per heavy atom. The average molecular weight is 361 g/mol. The van der Waals surface area contributed by atoms with Crippen LogP contribution in [0.2, 0.25) is 0 Å². The molecule has 22 heavy (non-hydrogen) atoms. The molecule has 3 rings (SSSR count). The summed E-state index contributed by atoms with van der Waals surface area (Å²) in [5.74, 6) is 1.23. The molecule has 2 heterocycles. The number of benzene rings is 1. The van der Waals surface area contributed by atoms with Crippen molar-refractivity contribution in [3.8, 4) is 0 Å². The van der Waals surface area contributed by atoms with Gasteiger partial charge in [0, 0.05) is 41.8 Å². The van der Waals surface area contributed by atoms with Gasteiger partial charge in [-0.2, -0.15) is 5.10 Å². The summed E-state index contributed by atoms with van der Waals surface area (Å²) < 4.78 is 3.03. The van der Waals surface area contributed by atoms with Gasteiger partial charge in [0.15, 0.2) is 0 Å². The maximum atomic E-state index is 11.4. The van der Waals surface area contributed by atoms with E-state index in [9.17, 15) is 4.79 Å². The maximum Gasteiger partial charge on any atom is 0.243 e. The Kier molecular flexibility index (Phi) is 4.29. The second kappa shape index (κ2) is 6.36. The monoisotopic (exact) mass is 360 g/mol. The van der Waals surface area contributed by atoms with Gasteiger partial charge in [0.25, 0.3) is 0 Å². The smallest absolute Gasteiger partial charge is 0.243 e. The molecule has 0 aliphatic carbocycles. The largest absolute Gasteiger partial charge is 0.352 e. The normalized spacial score (nSPS) is 17.0. The minimum Gasteiger partial charge on any atom is -0.352 e. The minimum absolute atomic E-state index is 0.138. The summed E-state index contributed by atoms with van der Waals surface area (Å²) in [6.07, 6.45) is 3.11. The summed E-state index contributed by atoms with van der Waals surface area (Å²) in [5.41, 5.74) is 1.12. The fourth-order valence-electron chi connectivity index (χ4n) is 2.65. The van der Waals surface area contributed by atoms with Crippen molar-refractivity contribution < 1.29 is 4.79 Å². The lowest BCUT2D eigenvalue weighted by Gasteiger charge is -2.34. The molecule has 2 aromatic rings. The summed E-state index contributed by atoms with van der Waals surface area (Å²) in [7, 11) is 0. The number of aromatic nitrogens is 2. The fraction of sp³-hybridized carbons (Fsp3) is 0.250. The van der Waals surface area contributed by atoms with E-state index in [1.807, 2.05) is 29.1 Å². The van der Waals surface area contributed by atoms with Crippen LogP contribution in [0.1, 0.15) is 0 Å².